The molecule has 0 atom stereocenters. The molecule has 1 aromatic carbocycles. The molecule has 0 aliphatic carbocycles. The topological polar surface area (TPSA) is 60.7 Å². The fraction of sp³-hybridized carbons (Fsp3) is 0.462. The molecular formula is C26H38O3. The highest BCUT2D eigenvalue weighted by Crippen LogP contribution is 2.28. The van der Waals surface area contributed by atoms with Gasteiger partial charge in [-0.2, -0.15) is 0 Å². The van der Waals surface area contributed by atoms with Crippen molar-refractivity contribution in [3.8, 4) is 11.5 Å². The van der Waals surface area contributed by atoms with Gasteiger partial charge in [-0.25, -0.2) is 0 Å². The number of aryl methyl sites for hydroxylation is 1. The predicted octanol–water partition coefficient (Wildman–Crippen LogP) is 7.59. The predicted molar refractivity (Wildman–Crippen MR) is 124 cm³/mol. The zero-order valence-electron chi connectivity index (χ0n) is 18.8. The molecule has 29 heavy (non-hydrogen) atoms. The highest BCUT2D eigenvalue weighted by Gasteiger charge is 2.05. The van der Waals surface area contributed by atoms with Crippen molar-refractivity contribution < 1.29 is 15.3 Å². The summed E-state index contributed by atoms with van der Waals surface area (Å²) in [7, 11) is 0. The second-order valence-electron chi connectivity index (χ2n) is 8.17. The van der Waals surface area contributed by atoms with Gasteiger partial charge < -0.3 is 15.3 Å². The molecule has 0 unspecified atom stereocenters. The zero-order chi connectivity index (χ0) is 21.8. The van der Waals surface area contributed by atoms with Gasteiger partial charge in [0.25, 0.3) is 0 Å². The first-order valence-electron chi connectivity index (χ1n) is 10.5. The Hall–Kier alpha value is -2.42. The molecule has 0 radical (unpaired) electrons. The number of phenols is 2. The van der Waals surface area contributed by atoms with Crippen molar-refractivity contribution in [1.82, 2.24) is 0 Å². The number of aromatic hydroxyl groups is 2. The molecule has 0 spiro atoms. The number of benzene rings is 1. The van der Waals surface area contributed by atoms with E-state index < -0.39 is 0 Å². The maximum absolute atomic E-state index is 10.1. The van der Waals surface area contributed by atoms with Gasteiger partial charge in [0, 0.05) is 12.0 Å². The van der Waals surface area contributed by atoms with Gasteiger partial charge in [0.15, 0.2) is 0 Å². The summed E-state index contributed by atoms with van der Waals surface area (Å²) < 4.78 is 0. The van der Waals surface area contributed by atoms with Crippen molar-refractivity contribution in [2.24, 2.45) is 0 Å². The van der Waals surface area contributed by atoms with Gasteiger partial charge >= 0.3 is 0 Å². The number of aliphatic hydroxyl groups excluding tert-OH is 1. The van der Waals surface area contributed by atoms with Crippen LogP contribution in [0.25, 0.3) is 0 Å². The van der Waals surface area contributed by atoms with Crippen LogP contribution in [0.4, 0.5) is 0 Å². The number of allylic oxidation sites excluding steroid dienone is 8. The third-order valence-corrected chi connectivity index (χ3v) is 4.94. The standard InChI is InChI=1S/C26H38O3/c1-19(2)9-6-10-20(3)11-7-13-24(27)14-8-12-21(4)15-16-23-18-25(28)17-22(5)26(23)29/h9,11,14-15,17-18,27-29H,6-8,10,12-13,16H2,1-5H3/b20-11+,21-15+,24-14-. The molecule has 0 saturated heterocycles. The van der Waals surface area contributed by atoms with Crippen LogP contribution in [0.3, 0.4) is 0 Å². The first-order valence-corrected chi connectivity index (χ1v) is 10.5. The molecule has 3 N–H and O–H groups in total. The summed E-state index contributed by atoms with van der Waals surface area (Å²) in [5, 5.41) is 29.8. The van der Waals surface area contributed by atoms with Crippen LogP contribution in [0.5, 0.6) is 11.5 Å². The van der Waals surface area contributed by atoms with E-state index in [-0.39, 0.29) is 11.5 Å². The number of hydrogen-bond donors (Lipinski definition) is 3. The first-order chi connectivity index (χ1) is 13.7. The van der Waals surface area contributed by atoms with E-state index >= 15 is 0 Å². The summed E-state index contributed by atoms with van der Waals surface area (Å²) in [5.74, 6) is 0.872. The van der Waals surface area contributed by atoms with E-state index in [1.807, 2.05) is 6.08 Å². The molecule has 0 heterocycles. The van der Waals surface area contributed by atoms with E-state index in [9.17, 15) is 15.3 Å². The van der Waals surface area contributed by atoms with Crippen LogP contribution in [0, 0.1) is 6.92 Å². The second-order valence-corrected chi connectivity index (χ2v) is 8.17. The summed E-state index contributed by atoms with van der Waals surface area (Å²) in [5.41, 5.74) is 5.34. The lowest BCUT2D eigenvalue weighted by molar-refractivity contribution is 0.386. The molecule has 1 aromatic rings. The van der Waals surface area contributed by atoms with Crippen LogP contribution in [-0.2, 0) is 6.42 Å². The lowest BCUT2D eigenvalue weighted by Gasteiger charge is -2.07. The van der Waals surface area contributed by atoms with E-state index in [0.717, 1.165) is 37.7 Å². The highest BCUT2D eigenvalue weighted by molar-refractivity contribution is 5.46. The normalized spacial score (nSPS) is 12.9. The summed E-state index contributed by atoms with van der Waals surface area (Å²) in [6.45, 7) is 10.2. The Morgan fingerprint density at radius 2 is 1.38 bits per heavy atom. The van der Waals surface area contributed by atoms with Gasteiger partial charge in [-0.05, 0) is 96.9 Å². The van der Waals surface area contributed by atoms with Gasteiger partial charge in [-0.1, -0.05) is 34.9 Å². The minimum atomic E-state index is 0.176. The summed E-state index contributed by atoms with van der Waals surface area (Å²) in [4.78, 5) is 0. The SMILES string of the molecule is CC(C)=CCC/C(C)=C/CC/C(O)=C/CC/C(C)=C/Cc1cc(O)cc(C)c1O. The number of phenolic OH excluding ortho intramolecular Hbond substituents is 2. The van der Waals surface area contributed by atoms with Crippen LogP contribution in [0.15, 0.2) is 58.9 Å². The molecule has 0 saturated carbocycles. The van der Waals surface area contributed by atoms with E-state index in [4.69, 9.17) is 0 Å². The van der Waals surface area contributed by atoms with Gasteiger partial charge in [-0.15, -0.1) is 0 Å². The molecule has 0 aliphatic rings. The summed E-state index contributed by atoms with van der Waals surface area (Å²) >= 11 is 0. The molecular weight excluding hydrogens is 360 g/mol. The fourth-order valence-electron chi connectivity index (χ4n) is 3.10. The number of aliphatic hydroxyl groups is 1. The smallest absolute Gasteiger partial charge is 0.122 e. The number of rotatable bonds is 11. The van der Waals surface area contributed by atoms with Gasteiger partial charge in [0.1, 0.15) is 11.5 Å². The van der Waals surface area contributed by atoms with Gasteiger partial charge in [-0.3, -0.25) is 0 Å². The Morgan fingerprint density at radius 1 is 0.793 bits per heavy atom. The summed E-state index contributed by atoms with van der Waals surface area (Å²) in [6, 6.07) is 3.16. The van der Waals surface area contributed by atoms with E-state index in [1.54, 1.807) is 19.1 Å². The third-order valence-electron chi connectivity index (χ3n) is 4.94. The Kier molecular flexibility index (Phi) is 11.0. The van der Waals surface area contributed by atoms with Crippen molar-refractivity contribution in [3.05, 3.63) is 70.0 Å². The Balaban J connectivity index is 2.40. The number of hydrogen-bond acceptors (Lipinski definition) is 3. The maximum Gasteiger partial charge on any atom is 0.122 e. The van der Waals surface area contributed by atoms with Crippen LogP contribution in [0.2, 0.25) is 0 Å². The molecule has 1 rings (SSSR count). The van der Waals surface area contributed by atoms with Crippen LogP contribution < -0.4 is 0 Å². The average Bonchev–Trinajstić information content (AvgIpc) is 2.63. The molecule has 3 nitrogen and oxygen atoms in total. The van der Waals surface area contributed by atoms with Gasteiger partial charge in [0.2, 0.25) is 0 Å². The first kappa shape index (κ1) is 24.6. The van der Waals surface area contributed by atoms with Crippen LogP contribution >= 0.6 is 0 Å². The van der Waals surface area contributed by atoms with Crippen molar-refractivity contribution in [1.29, 1.82) is 0 Å². The second kappa shape index (κ2) is 12.9. The minimum Gasteiger partial charge on any atom is -0.513 e. The molecule has 3 heteroatoms. The van der Waals surface area contributed by atoms with E-state index in [0.29, 0.717) is 24.2 Å². The molecule has 0 fully saturated rings. The minimum absolute atomic E-state index is 0.176. The van der Waals surface area contributed by atoms with Crippen molar-refractivity contribution in [3.63, 3.8) is 0 Å². The molecule has 0 bridgehead atoms. The Bertz CT molecular complexity index is 775. The van der Waals surface area contributed by atoms with Crippen molar-refractivity contribution in [2.45, 2.75) is 79.6 Å². The maximum atomic E-state index is 10.1. The molecule has 0 amide bonds. The average molecular weight is 399 g/mol. The van der Waals surface area contributed by atoms with Gasteiger partial charge in [0.05, 0.1) is 5.76 Å². The Labute approximate surface area is 176 Å². The van der Waals surface area contributed by atoms with Crippen molar-refractivity contribution >= 4 is 0 Å². The van der Waals surface area contributed by atoms with Crippen LogP contribution in [-0.4, -0.2) is 15.3 Å². The Morgan fingerprint density at radius 3 is 2.03 bits per heavy atom. The zero-order valence-corrected chi connectivity index (χ0v) is 18.8. The summed E-state index contributed by atoms with van der Waals surface area (Å²) in [6.07, 6.45) is 14.4. The van der Waals surface area contributed by atoms with E-state index in [1.165, 1.54) is 16.7 Å². The molecule has 160 valence electrons. The monoisotopic (exact) mass is 398 g/mol. The molecule has 0 aromatic heterocycles. The highest BCUT2D eigenvalue weighted by atomic mass is 16.3. The van der Waals surface area contributed by atoms with Crippen LogP contribution in [0.1, 0.15) is 77.3 Å². The lowest BCUT2D eigenvalue weighted by Crippen LogP contribution is -1.88. The quantitative estimate of drug-likeness (QED) is 0.204. The fourth-order valence-corrected chi connectivity index (χ4v) is 3.10. The lowest BCUT2D eigenvalue weighted by atomic mass is 10.0. The largest absolute Gasteiger partial charge is 0.513 e. The van der Waals surface area contributed by atoms with E-state index in [2.05, 4.69) is 45.9 Å². The third kappa shape index (κ3) is 10.6. The van der Waals surface area contributed by atoms with Crippen molar-refractivity contribution in [2.75, 3.05) is 0 Å². The molecule has 0 aliphatic heterocycles.